The lowest BCUT2D eigenvalue weighted by Crippen LogP contribution is -2.56. The number of carbonyl (C=O) groups excluding carboxylic acids is 1. The maximum atomic E-state index is 11.6. The van der Waals surface area contributed by atoms with E-state index in [2.05, 4.69) is 31.0 Å². The fourth-order valence-electron chi connectivity index (χ4n) is 3.66. The first-order chi connectivity index (χ1) is 8.91. The molecular formula is C15H29N3O. The van der Waals surface area contributed by atoms with Crippen LogP contribution in [0.25, 0.3) is 0 Å². The molecule has 4 nitrogen and oxygen atoms in total. The summed E-state index contributed by atoms with van der Waals surface area (Å²) in [7, 11) is 0. The first-order valence-electron chi connectivity index (χ1n) is 7.62. The monoisotopic (exact) mass is 267 g/mol. The van der Waals surface area contributed by atoms with Gasteiger partial charge in [0.15, 0.2) is 0 Å². The van der Waals surface area contributed by atoms with E-state index in [0.717, 1.165) is 25.6 Å². The van der Waals surface area contributed by atoms with Crippen molar-refractivity contribution in [3.8, 4) is 0 Å². The zero-order valence-corrected chi connectivity index (χ0v) is 12.6. The Bertz CT molecular complexity index is 324. The number of amides is 1. The lowest BCUT2D eigenvalue weighted by atomic mass is 9.67. The van der Waals surface area contributed by atoms with E-state index in [9.17, 15) is 4.79 Å². The highest BCUT2D eigenvalue weighted by Gasteiger charge is 2.38. The van der Waals surface area contributed by atoms with E-state index in [4.69, 9.17) is 5.73 Å². The Hall–Kier alpha value is -0.610. The Balaban J connectivity index is 2.07. The summed E-state index contributed by atoms with van der Waals surface area (Å²) >= 11 is 0. The highest BCUT2D eigenvalue weighted by molar-refractivity contribution is 5.78. The zero-order valence-electron chi connectivity index (χ0n) is 12.6. The van der Waals surface area contributed by atoms with Gasteiger partial charge in [-0.25, -0.2) is 0 Å². The van der Waals surface area contributed by atoms with Crippen molar-refractivity contribution < 1.29 is 4.79 Å². The normalized spacial score (nSPS) is 34.1. The molecule has 0 aromatic rings. The molecular weight excluding hydrogens is 238 g/mol. The Morgan fingerprint density at radius 3 is 2.68 bits per heavy atom. The minimum atomic E-state index is 0.167. The second-order valence-corrected chi connectivity index (χ2v) is 7.26. The van der Waals surface area contributed by atoms with Gasteiger partial charge >= 0.3 is 0 Å². The van der Waals surface area contributed by atoms with Crippen molar-refractivity contribution in [1.29, 1.82) is 0 Å². The molecule has 1 aliphatic carbocycles. The Morgan fingerprint density at radius 1 is 1.37 bits per heavy atom. The van der Waals surface area contributed by atoms with Gasteiger partial charge in [-0.05, 0) is 43.1 Å². The quantitative estimate of drug-likeness (QED) is 0.790. The minimum Gasteiger partial charge on any atom is -0.354 e. The number of hydrogen-bond acceptors (Lipinski definition) is 3. The number of nitrogens with one attached hydrogen (secondary N) is 1. The molecule has 2 fully saturated rings. The summed E-state index contributed by atoms with van der Waals surface area (Å²) in [6.07, 6.45) is 3.68. The van der Waals surface area contributed by atoms with Crippen molar-refractivity contribution in [2.24, 2.45) is 23.0 Å². The number of hydrogen-bond donors (Lipinski definition) is 2. The van der Waals surface area contributed by atoms with Crippen LogP contribution in [0.4, 0.5) is 0 Å². The van der Waals surface area contributed by atoms with Crippen molar-refractivity contribution >= 4 is 5.91 Å². The van der Waals surface area contributed by atoms with E-state index in [1.807, 2.05) is 0 Å². The van der Waals surface area contributed by atoms with E-state index in [1.165, 1.54) is 19.3 Å². The van der Waals surface area contributed by atoms with Gasteiger partial charge in [-0.2, -0.15) is 0 Å². The van der Waals surface area contributed by atoms with Crippen molar-refractivity contribution in [2.45, 2.75) is 46.1 Å². The molecule has 0 bridgehead atoms. The van der Waals surface area contributed by atoms with Gasteiger partial charge in [-0.1, -0.05) is 20.8 Å². The van der Waals surface area contributed by atoms with Gasteiger partial charge in [0, 0.05) is 19.1 Å². The van der Waals surface area contributed by atoms with Gasteiger partial charge in [0.25, 0.3) is 0 Å². The zero-order chi connectivity index (χ0) is 14.0. The van der Waals surface area contributed by atoms with Crippen LogP contribution in [-0.4, -0.2) is 43.0 Å². The second-order valence-electron chi connectivity index (χ2n) is 7.26. The summed E-state index contributed by atoms with van der Waals surface area (Å²) in [4.78, 5) is 14.0. The SMILES string of the molecule is CC(C)(C)C1CCC(CN)C(N2CCNC(=O)C2)C1. The van der Waals surface area contributed by atoms with Gasteiger partial charge in [0.1, 0.15) is 0 Å². The molecule has 1 saturated heterocycles. The van der Waals surface area contributed by atoms with Gasteiger partial charge in [-0.15, -0.1) is 0 Å². The fourth-order valence-corrected chi connectivity index (χ4v) is 3.66. The summed E-state index contributed by atoms with van der Waals surface area (Å²) in [6, 6.07) is 0.494. The van der Waals surface area contributed by atoms with Crippen LogP contribution in [0.15, 0.2) is 0 Å². The predicted octanol–water partition coefficient (Wildman–Crippen LogP) is 1.21. The molecule has 19 heavy (non-hydrogen) atoms. The maximum Gasteiger partial charge on any atom is 0.234 e. The van der Waals surface area contributed by atoms with E-state index in [1.54, 1.807) is 0 Å². The predicted molar refractivity (Wildman–Crippen MR) is 77.7 cm³/mol. The first-order valence-corrected chi connectivity index (χ1v) is 7.62. The number of nitrogens with two attached hydrogens (primary N) is 1. The number of carbonyl (C=O) groups is 1. The molecule has 110 valence electrons. The molecule has 2 rings (SSSR count). The average Bonchev–Trinajstić information content (AvgIpc) is 2.37. The molecule has 0 aromatic heterocycles. The average molecular weight is 267 g/mol. The molecule has 2 aliphatic rings. The topological polar surface area (TPSA) is 58.4 Å². The van der Waals surface area contributed by atoms with Gasteiger partial charge in [0.2, 0.25) is 5.91 Å². The molecule has 0 radical (unpaired) electrons. The molecule has 1 aliphatic heterocycles. The summed E-state index contributed by atoms with van der Waals surface area (Å²) in [5.41, 5.74) is 6.32. The van der Waals surface area contributed by atoms with Crippen LogP contribution in [0.5, 0.6) is 0 Å². The third kappa shape index (κ3) is 3.48. The highest BCUT2D eigenvalue weighted by Crippen LogP contribution is 2.41. The first kappa shape index (κ1) is 14.8. The van der Waals surface area contributed by atoms with Gasteiger partial charge < -0.3 is 11.1 Å². The Labute approximate surface area is 117 Å². The number of piperazine rings is 1. The molecule has 1 saturated carbocycles. The van der Waals surface area contributed by atoms with Crippen LogP contribution in [0.3, 0.4) is 0 Å². The fraction of sp³-hybridized carbons (Fsp3) is 0.933. The van der Waals surface area contributed by atoms with Crippen LogP contribution in [0.1, 0.15) is 40.0 Å². The van der Waals surface area contributed by atoms with Crippen molar-refractivity contribution in [1.82, 2.24) is 10.2 Å². The van der Waals surface area contributed by atoms with Crippen LogP contribution >= 0.6 is 0 Å². The molecule has 0 aromatic carbocycles. The van der Waals surface area contributed by atoms with E-state index < -0.39 is 0 Å². The Kier molecular flexibility index (Phi) is 4.51. The molecule has 3 unspecified atom stereocenters. The van der Waals surface area contributed by atoms with Crippen LogP contribution in [-0.2, 0) is 4.79 Å². The van der Waals surface area contributed by atoms with Crippen molar-refractivity contribution in [3.63, 3.8) is 0 Å². The standard InChI is InChI=1S/C15H29N3O/c1-15(2,3)12-5-4-11(9-16)13(8-12)18-7-6-17-14(19)10-18/h11-13H,4-10,16H2,1-3H3,(H,17,19). The summed E-state index contributed by atoms with van der Waals surface area (Å²) < 4.78 is 0. The molecule has 3 atom stereocenters. The van der Waals surface area contributed by atoms with Crippen molar-refractivity contribution in [2.75, 3.05) is 26.2 Å². The molecule has 3 N–H and O–H groups in total. The van der Waals surface area contributed by atoms with Gasteiger partial charge in [0.05, 0.1) is 6.54 Å². The number of rotatable bonds is 2. The molecule has 1 heterocycles. The molecule has 4 heteroatoms. The van der Waals surface area contributed by atoms with E-state index in [0.29, 0.717) is 23.9 Å². The van der Waals surface area contributed by atoms with E-state index >= 15 is 0 Å². The summed E-state index contributed by atoms with van der Waals surface area (Å²) in [5.74, 6) is 1.47. The Morgan fingerprint density at radius 2 is 2.11 bits per heavy atom. The summed E-state index contributed by atoms with van der Waals surface area (Å²) in [6.45, 7) is 10.1. The third-order valence-corrected chi connectivity index (χ3v) is 5.02. The second kappa shape index (κ2) is 5.80. The molecule has 1 amide bonds. The van der Waals surface area contributed by atoms with Crippen LogP contribution in [0, 0.1) is 17.3 Å². The minimum absolute atomic E-state index is 0.167. The van der Waals surface area contributed by atoms with Crippen LogP contribution < -0.4 is 11.1 Å². The largest absolute Gasteiger partial charge is 0.354 e. The highest BCUT2D eigenvalue weighted by atomic mass is 16.2. The maximum absolute atomic E-state index is 11.6. The number of nitrogens with zero attached hydrogens (tertiary/aromatic N) is 1. The third-order valence-electron chi connectivity index (χ3n) is 5.02. The van der Waals surface area contributed by atoms with Crippen LogP contribution in [0.2, 0.25) is 0 Å². The van der Waals surface area contributed by atoms with Crippen molar-refractivity contribution in [3.05, 3.63) is 0 Å². The lowest BCUT2D eigenvalue weighted by molar-refractivity contribution is -0.126. The lowest BCUT2D eigenvalue weighted by Gasteiger charge is -2.46. The summed E-state index contributed by atoms with van der Waals surface area (Å²) in [5, 5.41) is 2.91. The molecule has 0 spiro atoms. The van der Waals surface area contributed by atoms with Gasteiger partial charge in [-0.3, -0.25) is 9.69 Å². The smallest absolute Gasteiger partial charge is 0.234 e. The van der Waals surface area contributed by atoms with E-state index in [-0.39, 0.29) is 5.91 Å².